The van der Waals surface area contributed by atoms with Crippen molar-refractivity contribution < 1.29 is 14.3 Å². The van der Waals surface area contributed by atoms with E-state index < -0.39 is 0 Å². The molecule has 1 fully saturated rings. The normalized spacial score (nSPS) is 15.6. The number of carbonyl (C=O) groups excluding carboxylic acids is 1. The van der Waals surface area contributed by atoms with Gasteiger partial charge in [0.25, 0.3) is 5.91 Å². The van der Waals surface area contributed by atoms with Gasteiger partial charge in [-0.05, 0) is 36.3 Å². The summed E-state index contributed by atoms with van der Waals surface area (Å²) in [5.41, 5.74) is 1.92. The van der Waals surface area contributed by atoms with Crippen molar-refractivity contribution in [2.24, 2.45) is 0 Å². The number of nitrogens with zero attached hydrogens (tertiary/aromatic N) is 1. The average Bonchev–Trinajstić information content (AvgIpc) is 2.91. The Balaban J connectivity index is 1.81. The molecule has 0 aromatic heterocycles. The number of methoxy groups -OCH3 is 1. The predicted octanol–water partition coefficient (Wildman–Crippen LogP) is 4.50. The molecule has 2 aromatic carbocycles. The summed E-state index contributed by atoms with van der Waals surface area (Å²) in [5, 5.41) is 0. The Morgan fingerprint density at radius 1 is 1.15 bits per heavy atom. The van der Waals surface area contributed by atoms with Gasteiger partial charge in [-0.2, -0.15) is 0 Å². The number of amides is 1. The Kier molecular flexibility index (Phi) is 5.96. The molecule has 0 atom stereocenters. The molecule has 1 aliphatic rings. The third kappa shape index (κ3) is 4.08. The molecule has 0 spiro atoms. The quantitative estimate of drug-likeness (QED) is 0.541. The monoisotopic (exact) mass is 385 g/mol. The van der Waals surface area contributed by atoms with Gasteiger partial charge in [0, 0.05) is 0 Å². The third-order valence-electron chi connectivity index (χ3n) is 3.84. The van der Waals surface area contributed by atoms with Crippen molar-refractivity contribution in [2.45, 2.75) is 13.5 Å². The number of ether oxygens (including phenoxy) is 2. The second kappa shape index (κ2) is 8.38. The van der Waals surface area contributed by atoms with Crippen molar-refractivity contribution in [3.8, 4) is 11.5 Å². The van der Waals surface area contributed by atoms with E-state index in [9.17, 15) is 4.79 Å². The molecule has 0 unspecified atom stereocenters. The standard InChI is InChI=1S/C20H19NO3S2/c1-3-24-16-10-9-15(11-17(16)23-2)12-18-19(22)21(20(25)26-18)13-14-7-5-4-6-8-14/h4-12H,3,13H2,1-2H3/b18-12-. The number of thioether (sulfide) groups is 1. The van der Waals surface area contributed by atoms with Gasteiger partial charge in [0.15, 0.2) is 11.5 Å². The molecule has 0 saturated carbocycles. The fourth-order valence-corrected chi connectivity index (χ4v) is 3.86. The van der Waals surface area contributed by atoms with Crippen LogP contribution in [0.4, 0.5) is 0 Å². The van der Waals surface area contributed by atoms with Crippen LogP contribution in [0.2, 0.25) is 0 Å². The number of rotatable bonds is 6. The molecule has 1 heterocycles. The van der Waals surface area contributed by atoms with Crippen molar-refractivity contribution in [1.29, 1.82) is 0 Å². The molecule has 4 nitrogen and oxygen atoms in total. The molecule has 0 N–H and O–H groups in total. The highest BCUT2D eigenvalue weighted by Gasteiger charge is 2.31. The lowest BCUT2D eigenvalue weighted by Gasteiger charge is -2.14. The van der Waals surface area contributed by atoms with Gasteiger partial charge in [0.05, 0.1) is 25.2 Å². The Hall–Kier alpha value is -2.31. The van der Waals surface area contributed by atoms with Crippen LogP contribution < -0.4 is 9.47 Å². The average molecular weight is 386 g/mol. The largest absolute Gasteiger partial charge is 0.493 e. The summed E-state index contributed by atoms with van der Waals surface area (Å²) in [7, 11) is 1.60. The molecule has 26 heavy (non-hydrogen) atoms. The number of thiocarbonyl (C=S) groups is 1. The molecule has 134 valence electrons. The maximum absolute atomic E-state index is 12.7. The Bertz CT molecular complexity index is 849. The lowest BCUT2D eigenvalue weighted by Crippen LogP contribution is -2.27. The summed E-state index contributed by atoms with van der Waals surface area (Å²) >= 11 is 6.72. The van der Waals surface area contributed by atoms with E-state index >= 15 is 0 Å². The second-order valence-corrected chi connectivity index (χ2v) is 7.27. The van der Waals surface area contributed by atoms with Crippen LogP contribution in [0.3, 0.4) is 0 Å². The number of benzene rings is 2. The van der Waals surface area contributed by atoms with E-state index in [0.29, 0.717) is 33.9 Å². The van der Waals surface area contributed by atoms with Crippen molar-refractivity contribution in [3.05, 3.63) is 64.6 Å². The first kappa shape index (κ1) is 18.5. The van der Waals surface area contributed by atoms with Crippen molar-refractivity contribution in [1.82, 2.24) is 4.90 Å². The minimum absolute atomic E-state index is 0.0725. The first-order valence-electron chi connectivity index (χ1n) is 8.22. The van der Waals surface area contributed by atoms with E-state index in [0.717, 1.165) is 11.1 Å². The van der Waals surface area contributed by atoms with Crippen LogP contribution in [0.25, 0.3) is 6.08 Å². The molecule has 0 aliphatic carbocycles. The van der Waals surface area contributed by atoms with Crippen LogP contribution >= 0.6 is 24.0 Å². The number of hydrogen-bond donors (Lipinski definition) is 0. The topological polar surface area (TPSA) is 38.8 Å². The summed E-state index contributed by atoms with van der Waals surface area (Å²) < 4.78 is 11.5. The van der Waals surface area contributed by atoms with Gasteiger partial charge in [-0.25, -0.2) is 0 Å². The molecule has 6 heteroatoms. The van der Waals surface area contributed by atoms with Crippen LogP contribution in [-0.4, -0.2) is 28.8 Å². The highest BCUT2D eigenvalue weighted by molar-refractivity contribution is 8.26. The third-order valence-corrected chi connectivity index (χ3v) is 5.22. The van der Waals surface area contributed by atoms with E-state index in [2.05, 4.69) is 0 Å². The Labute approximate surface area is 162 Å². The Morgan fingerprint density at radius 3 is 2.62 bits per heavy atom. The second-order valence-electron chi connectivity index (χ2n) is 5.60. The van der Waals surface area contributed by atoms with Crippen LogP contribution in [0.1, 0.15) is 18.1 Å². The van der Waals surface area contributed by atoms with Crippen molar-refractivity contribution in [3.63, 3.8) is 0 Å². The summed E-state index contributed by atoms with van der Waals surface area (Å²) in [4.78, 5) is 15.0. The molecular weight excluding hydrogens is 366 g/mol. The van der Waals surface area contributed by atoms with E-state index in [1.54, 1.807) is 12.0 Å². The zero-order valence-corrected chi connectivity index (χ0v) is 16.2. The minimum atomic E-state index is -0.0725. The van der Waals surface area contributed by atoms with Crippen molar-refractivity contribution in [2.75, 3.05) is 13.7 Å². The maximum Gasteiger partial charge on any atom is 0.266 e. The minimum Gasteiger partial charge on any atom is -0.493 e. The molecule has 1 saturated heterocycles. The van der Waals surface area contributed by atoms with Crippen molar-refractivity contribution >= 4 is 40.3 Å². The number of hydrogen-bond acceptors (Lipinski definition) is 5. The summed E-state index contributed by atoms with van der Waals surface area (Å²) in [6.45, 7) is 2.97. The van der Waals surface area contributed by atoms with Gasteiger partial charge in [-0.3, -0.25) is 9.69 Å². The zero-order valence-electron chi connectivity index (χ0n) is 14.6. The van der Waals surface area contributed by atoms with Gasteiger partial charge < -0.3 is 9.47 Å². The molecule has 3 rings (SSSR count). The molecule has 0 radical (unpaired) electrons. The lowest BCUT2D eigenvalue weighted by molar-refractivity contribution is -0.122. The van der Waals surface area contributed by atoms with Crippen LogP contribution in [-0.2, 0) is 11.3 Å². The number of carbonyl (C=O) groups is 1. The molecule has 0 bridgehead atoms. The van der Waals surface area contributed by atoms with E-state index in [4.69, 9.17) is 21.7 Å². The Morgan fingerprint density at radius 2 is 1.92 bits per heavy atom. The first-order valence-corrected chi connectivity index (χ1v) is 9.45. The highest BCUT2D eigenvalue weighted by atomic mass is 32.2. The molecule has 2 aromatic rings. The lowest BCUT2D eigenvalue weighted by atomic mass is 10.1. The van der Waals surface area contributed by atoms with Gasteiger partial charge in [0.2, 0.25) is 0 Å². The first-order chi connectivity index (χ1) is 12.6. The maximum atomic E-state index is 12.7. The fraction of sp³-hybridized carbons (Fsp3) is 0.200. The highest BCUT2D eigenvalue weighted by Crippen LogP contribution is 2.35. The summed E-state index contributed by atoms with van der Waals surface area (Å²) in [6, 6.07) is 15.4. The molecular formula is C20H19NO3S2. The molecule has 1 amide bonds. The summed E-state index contributed by atoms with van der Waals surface area (Å²) in [5.74, 6) is 1.25. The van der Waals surface area contributed by atoms with Gasteiger partial charge >= 0.3 is 0 Å². The van der Waals surface area contributed by atoms with E-state index in [1.165, 1.54) is 11.8 Å². The fourth-order valence-electron chi connectivity index (χ4n) is 2.60. The van der Waals surface area contributed by atoms with Crippen LogP contribution in [0.5, 0.6) is 11.5 Å². The van der Waals surface area contributed by atoms with Crippen LogP contribution in [0.15, 0.2) is 53.4 Å². The smallest absolute Gasteiger partial charge is 0.266 e. The van der Waals surface area contributed by atoms with Gasteiger partial charge in [0.1, 0.15) is 4.32 Å². The van der Waals surface area contributed by atoms with Gasteiger partial charge in [-0.1, -0.05) is 60.4 Å². The SMILES string of the molecule is CCOc1ccc(/C=C2\SC(=S)N(Cc3ccccc3)C2=O)cc1OC. The van der Waals surface area contributed by atoms with E-state index in [1.807, 2.05) is 61.5 Å². The summed E-state index contributed by atoms with van der Waals surface area (Å²) in [6.07, 6.45) is 1.84. The molecule has 1 aliphatic heterocycles. The zero-order chi connectivity index (χ0) is 18.5. The van der Waals surface area contributed by atoms with Crippen LogP contribution in [0, 0.1) is 0 Å². The van der Waals surface area contributed by atoms with E-state index in [-0.39, 0.29) is 5.91 Å². The predicted molar refractivity (Wildman–Crippen MR) is 109 cm³/mol. The van der Waals surface area contributed by atoms with Gasteiger partial charge in [-0.15, -0.1) is 0 Å².